The Bertz CT molecular complexity index is 1260. The number of rotatable bonds is 5. The van der Waals surface area contributed by atoms with E-state index in [0.717, 1.165) is 19.3 Å². The summed E-state index contributed by atoms with van der Waals surface area (Å²) < 4.78 is 4.25. The molecule has 3 aromatic rings. The molecule has 0 radical (unpaired) electrons. The highest BCUT2D eigenvalue weighted by Gasteiger charge is 2.35. The van der Waals surface area contributed by atoms with Crippen molar-refractivity contribution >= 4 is 56.6 Å². The van der Waals surface area contributed by atoms with E-state index in [1.807, 2.05) is 0 Å². The summed E-state index contributed by atoms with van der Waals surface area (Å²) in [6, 6.07) is 6.32. The summed E-state index contributed by atoms with van der Waals surface area (Å²) in [6.45, 7) is 3.48. The quantitative estimate of drug-likeness (QED) is 0.466. The van der Waals surface area contributed by atoms with Crippen LogP contribution in [0.3, 0.4) is 0 Å². The van der Waals surface area contributed by atoms with Crippen LogP contribution < -0.4 is 20.9 Å². The van der Waals surface area contributed by atoms with E-state index in [0.29, 0.717) is 32.3 Å². The van der Waals surface area contributed by atoms with Gasteiger partial charge < -0.3 is 20.7 Å². The van der Waals surface area contributed by atoms with Gasteiger partial charge in [-0.2, -0.15) is 0 Å². The van der Waals surface area contributed by atoms with Crippen LogP contribution in [0.4, 0.5) is 22.0 Å². The summed E-state index contributed by atoms with van der Waals surface area (Å²) in [4.78, 5) is 49.1. The Hall–Kier alpha value is -3.83. The third-order valence-corrected chi connectivity index (χ3v) is 6.77. The van der Waals surface area contributed by atoms with Gasteiger partial charge in [-0.25, -0.2) is 19.7 Å². The lowest BCUT2D eigenvalue weighted by Crippen LogP contribution is -2.48. The molecular weight excluding hydrogens is 468 g/mol. The van der Waals surface area contributed by atoms with Crippen molar-refractivity contribution < 1.29 is 19.1 Å². The molecule has 35 heavy (non-hydrogen) atoms. The first kappa shape index (κ1) is 24.3. The predicted octanol–water partition coefficient (Wildman–Crippen LogP) is 3.59. The monoisotopic (exact) mass is 494 g/mol. The molecule has 2 aliphatic rings. The largest absolute Gasteiger partial charge is 0.388 e. The second-order valence-corrected chi connectivity index (χ2v) is 9.01. The highest BCUT2D eigenvalue weighted by molar-refractivity contribution is 7.21. The van der Waals surface area contributed by atoms with Gasteiger partial charge in [0, 0.05) is 38.7 Å². The Morgan fingerprint density at radius 2 is 1.91 bits per heavy atom. The van der Waals surface area contributed by atoms with E-state index in [4.69, 9.17) is 0 Å². The predicted molar refractivity (Wildman–Crippen MR) is 135 cm³/mol. The van der Waals surface area contributed by atoms with Gasteiger partial charge in [-0.3, -0.25) is 9.59 Å². The van der Waals surface area contributed by atoms with Crippen LogP contribution in [0.25, 0.3) is 10.2 Å². The second-order valence-electron chi connectivity index (χ2n) is 8.01. The summed E-state index contributed by atoms with van der Waals surface area (Å²) in [5.41, 5.74) is 1.08. The Morgan fingerprint density at radius 1 is 1.17 bits per heavy atom. The number of thiophene rings is 1. The summed E-state index contributed by atoms with van der Waals surface area (Å²) in [5, 5.41) is 9.46. The number of anilines is 3. The van der Waals surface area contributed by atoms with Crippen molar-refractivity contribution in [3.63, 3.8) is 0 Å². The first-order valence-corrected chi connectivity index (χ1v) is 11.9. The van der Waals surface area contributed by atoms with Crippen molar-refractivity contribution in [2.45, 2.75) is 31.3 Å². The van der Waals surface area contributed by atoms with Crippen LogP contribution in [-0.2, 0) is 9.53 Å². The first-order valence-electron chi connectivity index (χ1n) is 11.1. The van der Waals surface area contributed by atoms with E-state index in [1.165, 1.54) is 22.3 Å². The van der Waals surface area contributed by atoms with Crippen LogP contribution >= 0.6 is 11.3 Å². The van der Waals surface area contributed by atoms with Crippen molar-refractivity contribution in [3.8, 4) is 0 Å². The summed E-state index contributed by atoms with van der Waals surface area (Å²) in [7, 11) is 3.25. The van der Waals surface area contributed by atoms with Gasteiger partial charge in [0.05, 0.1) is 16.8 Å². The molecule has 1 aliphatic heterocycles. The molecule has 10 nitrogen and oxygen atoms in total. The minimum Gasteiger partial charge on any atom is -0.388 e. The van der Waals surface area contributed by atoms with Crippen molar-refractivity contribution in [3.05, 3.63) is 54.2 Å². The van der Waals surface area contributed by atoms with Gasteiger partial charge in [-0.05, 0) is 43.5 Å². The van der Waals surface area contributed by atoms with Crippen LogP contribution in [0, 0.1) is 0 Å². The highest BCUT2D eigenvalue weighted by Crippen LogP contribution is 2.45. The topological polar surface area (TPSA) is 126 Å². The molecule has 0 aromatic carbocycles. The van der Waals surface area contributed by atoms with E-state index in [2.05, 4.69) is 37.2 Å². The molecule has 5 rings (SSSR count). The number of hydrogen-bond donors (Lipinski definition) is 3. The molecule has 0 unspecified atom stereocenters. The molecule has 3 N–H and O–H groups in total. The maximum absolute atomic E-state index is 13.2. The fourth-order valence-corrected chi connectivity index (χ4v) is 5.26. The minimum atomic E-state index is -0.395. The zero-order valence-electron chi connectivity index (χ0n) is 19.4. The van der Waals surface area contributed by atoms with E-state index in [-0.39, 0.29) is 23.9 Å². The second kappa shape index (κ2) is 10.6. The van der Waals surface area contributed by atoms with Gasteiger partial charge in [-0.15, -0.1) is 11.3 Å². The van der Waals surface area contributed by atoms with E-state index < -0.39 is 6.03 Å². The Labute approximate surface area is 206 Å². The molecule has 2 atom stereocenters. The van der Waals surface area contributed by atoms with E-state index in [1.54, 1.807) is 50.9 Å². The van der Waals surface area contributed by atoms with Gasteiger partial charge in [0.15, 0.2) is 0 Å². The zero-order valence-corrected chi connectivity index (χ0v) is 20.2. The lowest BCUT2D eigenvalue weighted by molar-refractivity contribution is -0.117. The molecule has 11 heteroatoms. The minimum absolute atomic E-state index is 0.155. The Morgan fingerprint density at radius 3 is 2.60 bits per heavy atom. The number of pyridine rings is 2. The number of urea groups is 1. The van der Waals surface area contributed by atoms with Gasteiger partial charge in [0.1, 0.15) is 15.5 Å². The number of carbonyl (C=O) groups is 3. The average molecular weight is 495 g/mol. The molecule has 4 heterocycles. The molecule has 0 saturated heterocycles. The Balaban J connectivity index is 0.000000917. The number of nitrogens with zero attached hydrogens (tertiary/aromatic N) is 3. The fourth-order valence-electron chi connectivity index (χ4n) is 4.24. The molecule has 0 bridgehead atoms. The van der Waals surface area contributed by atoms with Crippen molar-refractivity contribution in [1.29, 1.82) is 0 Å². The maximum Gasteiger partial charge on any atom is 0.332 e. The number of nitrogens with one attached hydrogen (secondary N) is 3. The standard InChI is InChI=1S/C22H20N6O3S.C2H6O/c1-2-16(29)25-12-6-5-7-13(12)26-20(30)19-18-17-14(9-11-24-21(17)32-19)28(22(31)27-18)15-8-3-4-10-23-15;1-3-2/h2-4,8-13H,1,5-7H2,(H,25,29)(H,26,30)(H,27,31);1-2H3/t12-,13+;/m1./s1. The molecular formula is C24H26N6O4S. The molecule has 4 amide bonds. The fraction of sp³-hybridized carbons (Fsp3) is 0.292. The lowest BCUT2D eigenvalue weighted by atomic mass is 10.1. The summed E-state index contributed by atoms with van der Waals surface area (Å²) in [6.07, 6.45) is 6.90. The molecule has 0 spiro atoms. The van der Waals surface area contributed by atoms with Crippen molar-refractivity contribution in [1.82, 2.24) is 20.6 Å². The number of hydrogen-bond acceptors (Lipinski definition) is 7. The molecule has 3 aromatic heterocycles. The maximum atomic E-state index is 13.2. The smallest absolute Gasteiger partial charge is 0.332 e. The Kier molecular flexibility index (Phi) is 7.37. The molecule has 1 fully saturated rings. The molecule has 182 valence electrons. The van der Waals surface area contributed by atoms with E-state index in [9.17, 15) is 14.4 Å². The SMILES string of the molecule is C=CC(=O)N[C@@H]1CCC[C@@H]1NC(=O)c1sc2nccc3c2c1NC(=O)N3c1ccccn1.COC. The number of carbonyl (C=O) groups excluding carboxylic acids is 3. The van der Waals surface area contributed by atoms with Crippen LogP contribution in [-0.4, -0.2) is 54.1 Å². The number of ether oxygens (including phenoxy) is 1. The first-order chi connectivity index (χ1) is 17.0. The number of aromatic nitrogens is 2. The third-order valence-electron chi connectivity index (χ3n) is 5.68. The van der Waals surface area contributed by atoms with Gasteiger partial charge in [0.25, 0.3) is 5.91 Å². The summed E-state index contributed by atoms with van der Waals surface area (Å²) >= 11 is 1.22. The van der Waals surface area contributed by atoms with Crippen molar-refractivity contribution in [2.24, 2.45) is 0 Å². The lowest BCUT2D eigenvalue weighted by Gasteiger charge is -2.27. The van der Waals surface area contributed by atoms with E-state index >= 15 is 0 Å². The normalized spacial score (nSPS) is 18.3. The zero-order chi connectivity index (χ0) is 24.9. The average Bonchev–Trinajstić information content (AvgIpc) is 3.45. The summed E-state index contributed by atoms with van der Waals surface area (Å²) in [5.74, 6) is -0.0822. The van der Waals surface area contributed by atoms with Crippen LogP contribution in [0.2, 0.25) is 0 Å². The van der Waals surface area contributed by atoms with Crippen LogP contribution in [0.1, 0.15) is 28.9 Å². The van der Waals surface area contributed by atoms with Gasteiger partial charge in [0.2, 0.25) is 5.91 Å². The number of methoxy groups -OCH3 is 1. The van der Waals surface area contributed by atoms with Crippen LogP contribution in [0.15, 0.2) is 49.3 Å². The molecule has 1 aliphatic carbocycles. The number of amides is 4. The third kappa shape index (κ3) is 4.86. The van der Waals surface area contributed by atoms with Crippen molar-refractivity contribution in [2.75, 3.05) is 24.4 Å². The van der Waals surface area contributed by atoms with Gasteiger partial charge in [-0.1, -0.05) is 12.6 Å². The highest BCUT2D eigenvalue weighted by atomic mass is 32.1. The molecule has 1 saturated carbocycles. The van der Waals surface area contributed by atoms with Crippen LogP contribution in [0.5, 0.6) is 0 Å². The van der Waals surface area contributed by atoms with Gasteiger partial charge >= 0.3 is 6.03 Å².